The molecule has 3 aromatic rings. The zero-order chi connectivity index (χ0) is 27.8. The number of nitrogens with zero attached hydrogens (tertiary/aromatic N) is 1. The van der Waals surface area contributed by atoms with Crippen LogP contribution in [0, 0.1) is 0 Å². The Balaban J connectivity index is 1.25. The van der Waals surface area contributed by atoms with Gasteiger partial charge in [0.2, 0.25) is 11.8 Å². The number of carbonyl (C=O) groups excluding carboxylic acids is 3. The maximum Gasteiger partial charge on any atom is 0.287 e. The number of nitrogens with one attached hydrogen (secondary N) is 3. The molecule has 5 rings (SSSR count). The van der Waals surface area contributed by atoms with Gasteiger partial charge < -0.3 is 25.1 Å². The first-order valence-corrected chi connectivity index (χ1v) is 14.3. The van der Waals surface area contributed by atoms with Crippen LogP contribution in [0.3, 0.4) is 0 Å². The van der Waals surface area contributed by atoms with Crippen LogP contribution >= 0.6 is 0 Å². The zero-order valence-corrected chi connectivity index (χ0v) is 22.8. The van der Waals surface area contributed by atoms with Gasteiger partial charge in [0.15, 0.2) is 5.76 Å². The highest BCUT2D eigenvalue weighted by Gasteiger charge is 2.44. The summed E-state index contributed by atoms with van der Waals surface area (Å²) in [6.45, 7) is 4.70. The molecule has 1 atom stereocenters. The van der Waals surface area contributed by atoms with Gasteiger partial charge in [0.1, 0.15) is 17.2 Å². The van der Waals surface area contributed by atoms with Crippen LogP contribution in [0.1, 0.15) is 48.2 Å². The minimum atomic E-state index is -1.10. The van der Waals surface area contributed by atoms with Gasteiger partial charge in [-0.05, 0) is 43.5 Å². The number of rotatable bonds is 11. The van der Waals surface area contributed by atoms with E-state index in [1.165, 1.54) is 0 Å². The number of morpholine rings is 1. The number of para-hydroxylation sites is 1. The van der Waals surface area contributed by atoms with E-state index in [9.17, 15) is 14.4 Å². The Morgan fingerprint density at radius 2 is 1.68 bits per heavy atom. The number of furan rings is 1. The van der Waals surface area contributed by atoms with Gasteiger partial charge in [-0.25, -0.2) is 0 Å². The first-order chi connectivity index (χ1) is 19.5. The highest BCUT2D eigenvalue weighted by molar-refractivity contribution is 6.01. The lowest BCUT2D eigenvalue weighted by atomic mass is 9.94. The van der Waals surface area contributed by atoms with E-state index in [4.69, 9.17) is 9.15 Å². The van der Waals surface area contributed by atoms with Crippen LogP contribution in [0.4, 0.5) is 0 Å². The van der Waals surface area contributed by atoms with Gasteiger partial charge in [-0.15, -0.1) is 0 Å². The summed E-state index contributed by atoms with van der Waals surface area (Å²) in [5.41, 5.74) is 0.468. The van der Waals surface area contributed by atoms with E-state index in [0.29, 0.717) is 31.4 Å². The molecule has 1 aliphatic carbocycles. The summed E-state index contributed by atoms with van der Waals surface area (Å²) in [5, 5.41) is 9.82. The SMILES string of the molecule is O=C(NC1(C(=O)N[C@H](Cc2ccccc2)C(=O)NCCCN2CCOCC2)CCCC1)c1cc2ccccc2o1. The number of hydrogen-bond acceptors (Lipinski definition) is 6. The minimum Gasteiger partial charge on any atom is -0.451 e. The quantitative estimate of drug-likeness (QED) is 0.319. The van der Waals surface area contributed by atoms with E-state index in [0.717, 1.165) is 63.1 Å². The summed E-state index contributed by atoms with van der Waals surface area (Å²) in [6, 6.07) is 18.0. The van der Waals surface area contributed by atoms with E-state index < -0.39 is 17.5 Å². The molecule has 2 heterocycles. The normalized spacial score (nSPS) is 17.8. The third kappa shape index (κ3) is 6.89. The van der Waals surface area contributed by atoms with Crippen molar-refractivity contribution in [1.82, 2.24) is 20.9 Å². The van der Waals surface area contributed by atoms with Crippen molar-refractivity contribution in [2.24, 2.45) is 0 Å². The fourth-order valence-electron chi connectivity index (χ4n) is 5.58. The van der Waals surface area contributed by atoms with Gasteiger partial charge in [0, 0.05) is 31.4 Å². The molecule has 9 heteroatoms. The van der Waals surface area contributed by atoms with E-state index in [1.54, 1.807) is 12.1 Å². The lowest BCUT2D eigenvalue weighted by molar-refractivity contribution is -0.132. The van der Waals surface area contributed by atoms with Crippen molar-refractivity contribution < 1.29 is 23.5 Å². The first-order valence-electron chi connectivity index (χ1n) is 14.3. The Bertz CT molecular complexity index is 1260. The molecule has 212 valence electrons. The second kappa shape index (κ2) is 13.1. The lowest BCUT2D eigenvalue weighted by Crippen LogP contribution is -2.61. The standard InChI is InChI=1S/C31H38N4O5/c36-28(32-15-8-16-35-17-19-39-20-18-35)25(21-23-9-2-1-3-10-23)33-30(38)31(13-6-7-14-31)34-29(37)27-22-24-11-4-5-12-26(24)40-27/h1-5,9-12,22,25H,6-8,13-21H2,(H,32,36)(H,33,38)(H,34,37)/t25-/m1/s1. The molecule has 1 saturated carbocycles. The van der Waals surface area contributed by atoms with Crippen molar-refractivity contribution >= 4 is 28.7 Å². The minimum absolute atomic E-state index is 0.166. The second-order valence-electron chi connectivity index (χ2n) is 10.7. The summed E-state index contributed by atoms with van der Waals surface area (Å²) in [6.07, 6.45) is 3.80. The fraction of sp³-hybridized carbons (Fsp3) is 0.452. The lowest BCUT2D eigenvalue weighted by Gasteiger charge is -2.31. The van der Waals surface area contributed by atoms with Crippen LogP contribution in [-0.2, 0) is 20.7 Å². The average Bonchev–Trinajstić information content (AvgIpc) is 3.64. The molecule has 1 saturated heterocycles. The monoisotopic (exact) mass is 546 g/mol. The maximum atomic E-state index is 13.8. The van der Waals surface area contributed by atoms with Crippen molar-refractivity contribution in [2.75, 3.05) is 39.4 Å². The first kappa shape index (κ1) is 27.9. The van der Waals surface area contributed by atoms with Crippen molar-refractivity contribution in [2.45, 2.75) is 50.1 Å². The summed E-state index contributed by atoms with van der Waals surface area (Å²) < 4.78 is 11.1. The molecule has 2 aromatic carbocycles. The van der Waals surface area contributed by atoms with Gasteiger partial charge in [-0.2, -0.15) is 0 Å². The topological polar surface area (TPSA) is 113 Å². The third-order valence-corrected chi connectivity index (χ3v) is 7.85. The predicted molar refractivity (Wildman–Crippen MR) is 152 cm³/mol. The molecule has 3 amide bonds. The molecular weight excluding hydrogens is 508 g/mol. The Hall–Kier alpha value is -3.69. The average molecular weight is 547 g/mol. The number of fused-ring (bicyclic) bond motifs is 1. The van der Waals surface area contributed by atoms with Crippen LogP contribution in [0.25, 0.3) is 11.0 Å². The van der Waals surface area contributed by atoms with Crippen molar-refractivity contribution in [3.63, 3.8) is 0 Å². The third-order valence-electron chi connectivity index (χ3n) is 7.85. The molecule has 3 N–H and O–H groups in total. The Morgan fingerprint density at radius 1 is 0.950 bits per heavy atom. The molecular formula is C31H38N4O5. The zero-order valence-electron chi connectivity index (χ0n) is 22.8. The number of carbonyl (C=O) groups is 3. The molecule has 0 radical (unpaired) electrons. The van der Waals surface area contributed by atoms with Crippen LogP contribution in [0.15, 0.2) is 65.1 Å². The molecule has 0 spiro atoms. The molecule has 0 bridgehead atoms. The maximum absolute atomic E-state index is 13.8. The number of amides is 3. The van der Waals surface area contributed by atoms with Gasteiger partial charge in [-0.3, -0.25) is 19.3 Å². The van der Waals surface area contributed by atoms with Crippen LogP contribution in [0.2, 0.25) is 0 Å². The Kier molecular flexibility index (Phi) is 9.13. The van der Waals surface area contributed by atoms with Gasteiger partial charge >= 0.3 is 0 Å². The number of ether oxygens (including phenoxy) is 1. The van der Waals surface area contributed by atoms with Crippen molar-refractivity contribution in [3.8, 4) is 0 Å². The Labute approximate surface area is 234 Å². The smallest absolute Gasteiger partial charge is 0.287 e. The fourth-order valence-corrected chi connectivity index (χ4v) is 5.58. The molecule has 2 fully saturated rings. The van der Waals surface area contributed by atoms with Gasteiger partial charge in [0.05, 0.1) is 13.2 Å². The van der Waals surface area contributed by atoms with E-state index in [2.05, 4.69) is 20.9 Å². The summed E-state index contributed by atoms with van der Waals surface area (Å²) >= 11 is 0. The molecule has 40 heavy (non-hydrogen) atoms. The van der Waals surface area contributed by atoms with E-state index >= 15 is 0 Å². The Morgan fingerprint density at radius 3 is 2.42 bits per heavy atom. The molecule has 1 aliphatic heterocycles. The van der Waals surface area contributed by atoms with E-state index in [-0.39, 0.29) is 17.6 Å². The molecule has 2 aliphatic rings. The summed E-state index contributed by atoms with van der Waals surface area (Å²) in [4.78, 5) is 42.7. The summed E-state index contributed by atoms with van der Waals surface area (Å²) in [7, 11) is 0. The molecule has 9 nitrogen and oxygen atoms in total. The molecule has 1 aromatic heterocycles. The van der Waals surface area contributed by atoms with E-state index in [1.807, 2.05) is 48.5 Å². The largest absolute Gasteiger partial charge is 0.451 e. The predicted octanol–water partition coefficient (Wildman–Crippen LogP) is 3.04. The van der Waals surface area contributed by atoms with Crippen molar-refractivity contribution in [1.29, 1.82) is 0 Å². The van der Waals surface area contributed by atoms with Crippen LogP contribution in [0.5, 0.6) is 0 Å². The number of benzene rings is 2. The molecule has 0 unspecified atom stereocenters. The van der Waals surface area contributed by atoms with Crippen LogP contribution < -0.4 is 16.0 Å². The van der Waals surface area contributed by atoms with Gasteiger partial charge in [-0.1, -0.05) is 61.4 Å². The van der Waals surface area contributed by atoms with Crippen molar-refractivity contribution in [3.05, 3.63) is 72.0 Å². The second-order valence-corrected chi connectivity index (χ2v) is 10.7. The highest BCUT2D eigenvalue weighted by Crippen LogP contribution is 2.31. The van der Waals surface area contributed by atoms with Crippen LogP contribution in [-0.4, -0.2) is 73.6 Å². The van der Waals surface area contributed by atoms with Gasteiger partial charge in [0.25, 0.3) is 5.91 Å². The summed E-state index contributed by atoms with van der Waals surface area (Å²) in [5.74, 6) is -0.825. The number of hydrogen-bond donors (Lipinski definition) is 3. The highest BCUT2D eigenvalue weighted by atomic mass is 16.5.